The number of fused-ring (bicyclic) bond motifs is 1. The monoisotopic (exact) mass is 341 g/mol. The second-order valence-electron chi connectivity index (χ2n) is 6.30. The second-order valence-corrected chi connectivity index (χ2v) is 7.33. The predicted octanol–water partition coefficient (Wildman–Crippen LogP) is 3.89. The molecule has 0 bridgehead atoms. The zero-order chi connectivity index (χ0) is 17.1. The maximum Gasteiger partial charge on any atom is 0.224 e. The van der Waals surface area contributed by atoms with E-state index in [2.05, 4.69) is 46.2 Å². The number of nitrogens with one attached hydrogen (secondary N) is 1. The van der Waals surface area contributed by atoms with Gasteiger partial charge < -0.3 is 9.88 Å². The van der Waals surface area contributed by atoms with Gasteiger partial charge in [0, 0.05) is 17.5 Å². The molecule has 2 heterocycles. The number of amides is 1. The van der Waals surface area contributed by atoms with E-state index in [1.165, 1.54) is 4.88 Å². The van der Waals surface area contributed by atoms with E-state index in [1.807, 2.05) is 25.1 Å². The quantitative estimate of drug-likeness (QED) is 0.739. The molecule has 0 aliphatic heterocycles. The van der Waals surface area contributed by atoms with Crippen molar-refractivity contribution in [3.05, 3.63) is 52.0 Å². The summed E-state index contributed by atoms with van der Waals surface area (Å²) in [4.78, 5) is 18.1. The number of thiophene rings is 1. The zero-order valence-corrected chi connectivity index (χ0v) is 15.2. The van der Waals surface area contributed by atoms with Crippen molar-refractivity contribution in [1.29, 1.82) is 0 Å². The van der Waals surface area contributed by atoms with Crippen LogP contribution in [0, 0.1) is 6.92 Å². The SMILES string of the molecule is Cc1nc2cc(CC(=O)NCCc3cccs3)ccc2n1C(C)C. The Morgan fingerprint density at radius 3 is 2.88 bits per heavy atom. The second kappa shape index (κ2) is 7.18. The number of aryl methyl sites for hydroxylation is 1. The molecule has 2 aromatic heterocycles. The molecule has 0 aliphatic carbocycles. The number of carbonyl (C=O) groups is 1. The smallest absolute Gasteiger partial charge is 0.224 e. The van der Waals surface area contributed by atoms with E-state index < -0.39 is 0 Å². The van der Waals surface area contributed by atoms with Gasteiger partial charge in [-0.2, -0.15) is 0 Å². The van der Waals surface area contributed by atoms with Crippen LogP contribution >= 0.6 is 11.3 Å². The molecule has 0 radical (unpaired) electrons. The number of imidazole rings is 1. The average molecular weight is 341 g/mol. The molecule has 0 spiro atoms. The molecular formula is C19H23N3OS. The standard InChI is InChI=1S/C19H23N3OS/c1-13(2)22-14(3)21-17-11-15(6-7-18(17)22)12-19(23)20-9-8-16-5-4-10-24-16/h4-7,10-11,13H,8-9,12H2,1-3H3,(H,20,23). The van der Waals surface area contributed by atoms with Crippen LogP contribution < -0.4 is 5.32 Å². The normalized spacial score (nSPS) is 11.3. The molecule has 0 saturated heterocycles. The predicted molar refractivity (Wildman–Crippen MR) is 99.6 cm³/mol. The van der Waals surface area contributed by atoms with Crippen molar-refractivity contribution >= 4 is 28.3 Å². The van der Waals surface area contributed by atoms with E-state index in [4.69, 9.17) is 0 Å². The van der Waals surface area contributed by atoms with E-state index in [-0.39, 0.29) is 5.91 Å². The first-order chi connectivity index (χ1) is 11.5. The molecule has 5 heteroatoms. The fraction of sp³-hybridized carbons (Fsp3) is 0.368. The maximum absolute atomic E-state index is 12.1. The van der Waals surface area contributed by atoms with Crippen LogP contribution in [0.15, 0.2) is 35.7 Å². The van der Waals surface area contributed by atoms with E-state index in [9.17, 15) is 4.79 Å². The molecule has 0 saturated carbocycles. The fourth-order valence-electron chi connectivity index (χ4n) is 3.05. The molecule has 1 N–H and O–H groups in total. The summed E-state index contributed by atoms with van der Waals surface area (Å²) in [6, 6.07) is 10.6. The fourth-order valence-corrected chi connectivity index (χ4v) is 3.76. The van der Waals surface area contributed by atoms with Crippen LogP contribution in [-0.4, -0.2) is 22.0 Å². The van der Waals surface area contributed by atoms with Gasteiger partial charge in [-0.25, -0.2) is 4.98 Å². The summed E-state index contributed by atoms with van der Waals surface area (Å²) in [5.41, 5.74) is 3.10. The third-order valence-electron chi connectivity index (χ3n) is 4.09. The van der Waals surface area contributed by atoms with Gasteiger partial charge in [-0.05, 0) is 56.3 Å². The molecule has 0 fully saturated rings. The molecule has 24 heavy (non-hydrogen) atoms. The van der Waals surface area contributed by atoms with Crippen LogP contribution in [0.5, 0.6) is 0 Å². The largest absolute Gasteiger partial charge is 0.355 e. The molecule has 3 rings (SSSR count). The van der Waals surface area contributed by atoms with Gasteiger partial charge in [0.1, 0.15) is 5.82 Å². The highest BCUT2D eigenvalue weighted by atomic mass is 32.1. The van der Waals surface area contributed by atoms with Gasteiger partial charge in [0.25, 0.3) is 0 Å². The van der Waals surface area contributed by atoms with Crippen LogP contribution in [0.2, 0.25) is 0 Å². The van der Waals surface area contributed by atoms with Crippen molar-refractivity contribution in [1.82, 2.24) is 14.9 Å². The summed E-state index contributed by atoms with van der Waals surface area (Å²) in [6.07, 6.45) is 1.29. The average Bonchev–Trinajstić information content (AvgIpc) is 3.13. The minimum Gasteiger partial charge on any atom is -0.355 e. The lowest BCUT2D eigenvalue weighted by Gasteiger charge is -2.10. The minimum absolute atomic E-state index is 0.0610. The van der Waals surface area contributed by atoms with Gasteiger partial charge in [-0.3, -0.25) is 4.79 Å². The number of carbonyl (C=O) groups excluding carboxylic acids is 1. The number of hydrogen-bond acceptors (Lipinski definition) is 3. The van der Waals surface area contributed by atoms with Gasteiger partial charge in [-0.1, -0.05) is 12.1 Å². The highest BCUT2D eigenvalue weighted by molar-refractivity contribution is 7.09. The van der Waals surface area contributed by atoms with E-state index in [1.54, 1.807) is 11.3 Å². The molecular weight excluding hydrogens is 318 g/mol. The topological polar surface area (TPSA) is 46.9 Å². The van der Waals surface area contributed by atoms with Crippen molar-refractivity contribution in [2.75, 3.05) is 6.54 Å². The first kappa shape index (κ1) is 16.7. The Morgan fingerprint density at radius 1 is 1.33 bits per heavy atom. The Hall–Kier alpha value is -2.14. The number of benzene rings is 1. The number of aromatic nitrogens is 2. The van der Waals surface area contributed by atoms with Crippen molar-refractivity contribution in [3.63, 3.8) is 0 Å². The van der Waals surface area contributed by atoms with Crippen LogP contribution in [0.1, 0.15) is 36.2 Å². The van der Waals surface area contributed by atoms with Crippen LogP contribution in [-0.2, 0) is 17.6 Å². The Balaban J connectivity index is 1.63. The summed E-state index contributed by atoms with van der Waals surface area (Å²) in [5, 5.41) is 5.05. The van der Waals surface area contributed by atoms with Crippen molar-refractivity contribution < 1.29 is 4.79 Å². The Bertz CT molecular complexity index is 834. The molecule has 0 atom stereocenters. The van der Waals surface area contributed by atoms with Gasteiger partial charge in [-0.15, -0.1) is 11.3 Å². The third-order valence-corrected chi connectivity index (χ3v) is 5.02. The molecule has 126 valence electrons. The minimum atomic E-state index is 0.0610. The van der Waals surface area contributed by atoms with Gasteiger partial charge in [0.2, 0.25) is 5.91 Å². The molecule has 0 unspecified atom stereocenters. The van der Waals surface area contributed by atoms with E-state index >= 15 is 0 Å². The number of hydrogen-bond donors (Lipinski definition) is 1. The third kappa shape index (κ3) is 3.67. The van der Waals surface area contributed by atoms with E-state index in [0.29, 0.717) is 19.0 Å². The van der Waals surface area contributed by atoms with Gasteiger partial charge >= 0.3 is 0 Å². The van der Waals surface area contributed by atoms with Crippen LogP contribution in [0.3, 0.4) is 0 Å². The van der Waals surface area contributed by atoms with Crippen molar-refractivity contribution in [2.24, 2.45) is 0 Å². The summed E-state index contributed by atoms with van der Waals surface area (Å²) < 4.78 is 2.22. The lowest BCUT2D eigenvalue weighted by Crippen LogP contribution is -2.27. The summed E-state index contributed by atoms with van der Waals surface area (Å²) in [7, 11) is 0. The lowest BCUT2D eigenvalue weighted by molar-refractivity contribution is -0.120. The first-order valence-electron chi connectivity index (χ1n) is 8.31. The van der Waals surface area contributed by atoms with E-state index in [0.717, 1.165) is 28.8 Å². The highest BCUT2D eigenvalue weighted by Crippen LogP contribution is 2.22. The van der Waals surface area contributed by atoms with Crippen LogP contribution in [0.25, 0.3) is 11.0 Å². The maximum atomic E-state index is 12.1. The number of rotatable bonds is 6. The Kier molecular flexibility index (Phi) is 5.00. The van der Waals surface area contributed by atoms with Gasteiger partial charge in [0.05, 0.1) is 17.5 Å². The number of nitrogens with zero attached hydrogens (tertiary/aromatic N) is 2. The zero-order valence-electron chi connectivity index (χ0n) is 14.4. The summed E-state index contributed by atoms with van der Waals surface area (Å²) in [6.45, 7) is 7.02. The molecule has 4 nitrogen and oxygen atoms in total. The van der Waals surface area contributed by atoms with Crippen molar-refractivity contribution in [2.45, 2.75) is 39.7 Å². The molecule has 1 aromatic carbocycles. The summed E-state index contributed by atoms with van der Waals surface area (Å²) >= 11 is 1.72. The molecule has 3 aromatic rings. The summed E-state index contributed by atoms with van der Waals surface area (Å²) in [5.74, 6) is 1.07. The van der Waals surface area contributed by atoms with Gasteiger partial charge in [0.15, 0.2) is 0 Å². The molecule has 1 amide bonds. The first-order valence-corrected chi connectivity index (χ1v) is 9.19. The molecule has 0 aliphatic rings. The Labute approximate surface area is 146 Å². The highest BCUT2D eigenvalue weighted by Gasteiger charge is 2.11. The van der Waals surface area contributed by atoms with Crippen LogP contribution in [0.4, 0.5) is 0 Å². The van der Waals surface area contributed by atoms with Crippen molar-refractivity contribution in [3.8, 4) is 0 Å². The lowest BCUT2D eigenvalue weighted by atomic mass is 10.1. The Morgan fingerprint density at radius 2 is 2.17 bits per heavy atom.